The Hall–Kier alpha value is -3.96. The van der Waals surface area contributed by atoms with E-state index in [1.54, 1.807) is 43.3 Å². The van der Waals surface area contributed by atoms with E-state index in [4.69, 9.17) is 4.74 Å². The van der Waals surface area contributed by atoms with Crippen molar-refractivity contribution in [2.24, 2.45) is 5.92 Å². The molecular formula is C35H47N5O6. The van der Waals surface area contributed by atoms with E-state index < -0.39 is 17.7 Å². The van der Waals surface area contributed by atoms with E-state index in [2.05, 4.69) is 20.9 Å². The largest absolute Gasteiger partial charge is 0.457 e. The molecule has 46 heavy (non-hydrogen) atoms. The van der Waals surface area contributed by atoms with Gasteiger partial charge in [0.1, 0.15) is 23.1 Å². The number of carbonyl (C=O) groups excluding carboxylic acids is 4. The Morgan fingerprint density at radius 1 is 0.957 bits per heavy atom. The highest BCUT2D eigenvalue weighted by molar-refractivity contribution is 6.00. The highest BCUT2D eigenvalue weighted by Gasteiger charge is 2.55. The molecule has 11 heteroatoms. The molecule has 4 amide bonds. The minimum atomic E-state index is -0.996. The van der Waals surface area contributed by atoms with Crippen LogP contribution in [0.2, 0.25) is 0 Å². The van der Waals surface area contributed by atoms with Gasteiger partial charge in [0.2, 0.25) is 17.7 Å². The van der Waals surface area contributed by atoms with Gasteiger partial charge in [-0.25, -0.2) is 0 Å². The summed E-state index contributed by atoms with van der Waals surface area (Å²) < 4.78 is 5.95. The molecule has 2 aromatic rings. The molecule has 2 atom stereocenters. The Morgan fingerprint density at radius 2 is 1.59 bits per heavy atom. The topological polar surface area (TPSA) is 140 Å². The SMILES string of the molecule is CNC(=O)CCCN1C(=O)[C@@H]([C@H](O)C2CCCCC2)NC(=O)C12CCN(Cc1ccc(Oc3ccc(C(=O)NC)cc3)cc1)CC2. The molecule has 2 aromatic carbocycles. The van der Waals surface area contributed by atoms with Gasteiger partial charge in [-0.1, -0.05) is 31.4 Å². The van der Waals surface area contributed by atoms with Gasteiger partial charge in [0, 0.05) is 52.3 Å². The molecule has 248 valence electrons. The summed E-state index contributed by atoms with van der Waals surface area (Å²) in [6.07, 6.45) is 5.65. The number of aliphatic hydroxyl groups is 1. The van der Waals surface area contributed by atoms with Crippen molar-refractivity contribution in [3.8, 4) is 11.5 Å². The van der Waals surface area contributed by atoms with E-state index >= 15 is 0 Å². The zero-order chi connectivity index (χ0) is 32.7. The summed E-state index contributed by atoms with van der Waals surface area (Å²) in [7, 11) is 3.18. The summed E-state index contributed by atoms with van der Waals surface area (Å²) in [4.78, 5) is 55.5. The van der Waals surface area contributed by atoms with Crippen LogP contribution in [0.4, 0.5) is 0 Å². The van der Waals surface area contributed by atoms with E-state index in [9.17, 15) is 24.3 Å². The lowest BCUT2D eigenvalue weighted by Crippen LogP contribution is -2.75. The second-order valence-electron chi connectivity index (χ2n) is 12.8. The minimum Gasteiger partial charge on any atom is -0.457 e. The molecule has 1 aliphatic carbocycles. The van der Waals surface area contributed by atoms with Gasteiger partial charge in [0.05, 0.1) is 6.10 Å². The zero-order valence-corrected chi connectivity index (χ0v) is 26.9. The Morgan fingerprint density at radius 3 is 2.20 bits per heavy atom. The quantitative estimate of drug-likeness (QED) is 0.298. The predicted octanol–water partition coefficient (Wildman–Crippen LogP) is 2.97. The van der Waals surface area contributed by atoms with Crippen LogP contribution in [-0.4, -0.2) is 89.9 Å². The smallest absolute Gasteiger partial charge is 0.251 e. The molecule has 2 aliphatic heterocycles. The van der Waals surface area contributed by atoms with E-state index in [0.29, 0.717) is 62.5 Å². The lowest BCUT2D eigenvalue weighted by molar-refractivity contribution is -0.166. The fourth-order valence-electron chi connectivity index (χ4n) is 7.12. The third-order valence-electron chi connectivity index (χ3n) is 9.89. The standard InChI is InChI=1S/C35H47N5O6/c1-36-29(41)9-6-20-40-33(44)30(31(42)25-7-4-3-5-8-25)38-34(45)35(40)18-21-39(22-19-35)23-24-10-14-27(15-11-24)46-28-16-12-26(13-17-28)32(43)37-2/h10-17,25,30-31,42H,3-9,18-23H2,1-2H3,(H,36,41)(H,37,43)(H,38,45)/t30-,31-/m1/s1. The van der Waals surface area contributed by atoms with Gasteiger partial charge in [-0.05, 0) is 80.0 Å². The average Bonchev–Trinajstić information content (AvgIpc) is 3.09. The van der Waals surface area contributed by atoms with Crippen molar-refractivity contribution in [2.45, 2.75) is 82.0 Å². The molecule has 2 saturated heterocycles. The molecule has 0 bridgehead atoms. The van der Waals surface area contributed by atoms with Crippen molar-refractivity contribution < 1.29 is 29.0 Å². The summed E-state index contributed by atoms with van der Waals surface area (Å²) in [6, 6.07) is 13.8. The van der Waals surface area contributed by atoms with Crippen molar-refractivity contribution >= 4 is 23.6 Å². The molecule has 0 radical (unpaired) electrons. The summed E-state index contributed by atoms with van der Waals surface area (Å²) in [6.45, 7) is 2.23. The maximum Gasteiger partial charge on any atom is 0.251 e. The normalized spacial score (nSPS) is 21.0. The van der Waals surface area contributed by atoms with Crippen LogP contribution in [0.15, 0.2) is 48.5 Å². The van der Waals surface area contributed by atoms with Crippen LogP contribution < -0.4 is 20.7 Å². The Labute approximate surface area is 271 Å². The van der Waals surface area contributed by atoms with E-state index in [-0.39, 0.29) is 36.0 Å². The number of likely N-dealkylation sites (tertiary alicyclic amines) is 1. The molecule has 1 spiro atoms. The number of carbonyl (C=O) groups is 4. The van der Waals surface area contributed by atoms with Crippen LogP contribution in [0.25, 0.3) is 0 Å². The van der Waals surface area contributed by atoms with E-state index in [1.165, 1.54) is 0 Å². The number of piperazine rings is 1. The first kappa shape index (κ1) is 33.4. The minimum absolute atomic E-state index is 0.00188. The summed E-state index contributed by atoms with van der Waals surface area (Å²) >= 11 is 0. The molecular weight excluding hydrogens is 586 g/mol. The van der Waals surface area contributed by atoms with Crippen LogP contribution in [0.3, 0.4) is 0 Å². The molecule has 3 aliphatic rings. The Kier molecular flexibility index (Phi) is 11.0. The maximum atomic E-state index is 14.0. The van der Waals surface area contributed by atoms with Gasteiger partial charge in [0.25, 0.3) is 5.91 Å². The monoisotopic (exact) mass is 633 g/mol. The first-order chi connectivity index (χ1) is 22.2. The van der Waals surface area contributed by atoms with Crippen LogP contribution in [0, 0.1) is 5.92 Å². The summed E-state index contributed by atoms with van der Waals surface area (Å²) in [5.41, 5.74) is 0.664. The van der Waals surface area contributed by atoms with Gasteiger partial charge < -0.3 is 30.7 Å². The number of ether oxygens (including phenoxy) is 1. The first-order valence-corrected chi connectivity index (χ1v) is 16.6. The Bertz CT molecular complexity index is 1370. The fraction of sp³-hybridized carbons (Fsp3) is 0.543. The van der Waals surface area contributed by atoms with Crippen molar-refractivity contribution in [1.29, 1.82) is 0 Å². The van der Waals surface area contributed by atoms with Gasteiger partial charge in [-0.2, -0.15) is 0 Å². The molecule has 3 fully saturated rings. The number of benzene rings is 2. The molecule has 2 heterocycles. The van der Waals surface area contributed by atoms with Crippen molar-refractivity contribution in [2.75, 3.05) is 33.7 Å². The molecule has 11 nitrogen and oxygen atoms in total. The second kappa shape index (κ2) is 15.1. The lowest BCUT2D eigenvalue weighted by Gasteiger charge is -2.52. The molecule has 1 saturated carbocycles. The number of aliphatic hydroxyl groups excluding tert-OH is 1. The van der Waals surface area contributed by atoms with Crippen LogP contribution in [0.5, 0.6) is 11.5 Å². The number of rotatable bonds is 11. The maximum absolute atomic E-state index is 14.0. The number of amides is 4. The number of hydrogen-bond donors (Lipinski definition) is 4. The molecule has 4 N–H and O–H groups in total. The molecule has 0 aromatic heterocycles. The second-order valence-corrected chi connectivity index (χ2v) is 12.8. The number of nitrogens with zero attached hydrogens (tertiary/aromatic N) is 2. The highest BCUT2D eigenvalue weighted by atomic mass is 16.5. The average molecular weight is 634 g/mol. The van der Waals surface area contributed by atoms with Crippen molar-refractivity contribution in [3.05, 3.63) is 59.7 Å². The Balaban J connectivity index is 1.21. The van der Waals surface area contributed by atoms with E-state index in [0.717, 1.165) is 37.7 Å². The van der Waals surface area contributed by atoms with Crippen molar-refractivity contribution in [1.82, 2.24) is 25.8 Å². The van der Waals surface area contributed by atoms with Crippen LogP contribution in [-0.2, 0) is 20.9 Å². The van der Waals surface area contributed by atoms with E-state index in [1.807, 2.05) is 24.3 Å². The molecule has 5 rings (SSSR count). The van der Waals surface area contributed by atoms with Gasteiger partial charge in [-0.3, -0.25) is 24.1 Å². The summed E-state index contributed by atoms with van der Waals surface area (Å²) in [5, 5.41) is 19.4. The number of piperidine rings is 1. The predicted molar refractivity (Wildman–Crippen MR) is 173 cm³/mol. The zero-order valence-electron chi connectivity index (χ0n) is 26.9. The van der Waals surface area contributed by atoms with Crippen LogP contribution in [0.1, 0.15) is 73.7 Å². The third kappa shape index (κ3) is 7.53. The van der Waals surface area contributed by atoms with Gasteiger partial charge in [0.15, 0.2) is 0 Å². The number of hydrogen-bond acceptors (Lipinski definition) is 7. The first-order valence-electron chi connectivity index (χ1n) is 16.6. The van der Waals surface area contributed by atoms with Gasteiger partial charge in [-0.15, -0.1) is 0 Å². The lowest BCUT2D eigenvalue weighted by atomic mass is 9.78. The fourth-order valence-corrected chi connectivity index (χ4v) is 7.12. The molecule has 0 unspecified atom stereocenters. The third-order valence-corrected chi connectivity index (χ3v) is 9.89. The summed E-state index contributed by atoms with van der Waals surface area (Å²) in [5.74, 6) is 0.629. The highest BCUT2D eigenvalue weighted by Crippen LogP contribution is 2.36. The van der Waals surface area contributed by atoms with Crippen molar-refractivity contribution in [3.63, 3.8) is 0 Å². The van der Waals surface area contributed by atoms with Crippen LogP contribution >= 0.6 is 0 Å². The number of nitrogens with one attached hydrogen (secondary N) is 3. The van der Waals surface area contributed by atoms with Gasteiger partial charge >= 0.3 is 0 Å².